The molecule has 1 amide bonds. The third kappa shape index (κ3) is 3.96. The van der Waals surface area contributed by atoms with Gasteiger partial charge in [-0.3, -0.25) is 9.48 Å². The number of hydrogen-bond acceptors (Lipinski definition) is 2. The van der Waals surface area contributed by atoms with E-state index in [1.165, 1.54) is 6.20 Å². The standard InChI is InChI=1S/C17H18F3N3O/c1-11-2-4-12(5-3-11)16(13-6-7-13)21-15(24)10-23-9-8-14(22-23)17(18,19)20/h2-5,8-9,13,16H,6-7,10H2,1H3,(H,21,24). The van der Waals surface area contributed by atoms with Crippen molar-refractivity contribution in [1.82, 2.24) is 15.1 Å². The summed E-state index contributed by atoms with van der Waals surface area (Å²) in [4.78, 5) is 12.2. The van der Waals surface area contributed by atoms with Crippen LogP contribution in [0.2, 0.25) is 0 Å². The SMILES string of the molecule is Cc1ccc(C(NC(=O)Cn2ccc(C(F)(F)F)n2)C2CC2)cc1. The van der Waals surface area contributed by atoms with E-state index in [-0.39, 0.29) is 18.5 Å². The van der Waals surface area contributed by atoms with E-state index >= 15 is 0 Å². The Bertz CT molecular complexity index is 717. The van der Waals surface area contributed by atoms with Crippen LogP contribution in [0.4, 0.5) is 13.2 Å². The van der Waals surface area contributed by atoms with Crippen molar-refractivity contribution in [2.75, 3.05) is 0 Å². The minimum absolute atomic E-state index is 0.101. The molecule has 1 saturated carbocycles. The number of carbonyl (C=O) groups is 1. The highest BCUT2D eigenvalue weighted by Gasteiger charge is 2.35. The molecule has 7 heteroatoms. The van der Waals surface area contributed by atoms with Crippen molar-refractivity contribution in [3.8, 4) is 0 Å². The number of hydrogen-bond donors (Lipinski definition) is 1. The van der Waals surface area contributed by atoms with E-state index in [0.29, 0.717) is 5.92 Å². The molecule has 0 radical (unpaired) electrons. The minimum atomic E-state index is -4.50. The first-order valence-corrected chi connectivity index (χ1v) is 7.79. The van der Waals surface area contributed by atoms with Gasteiger partial charge in [0.05, 0.1) is 6.04 Å². The molecular weight excluding hydrogens is 319 g/mol. The van der Waals surface area contributed by atoms with Crippen molar-refractivity contribution in [2.24, 2.45) is 5.92 Å². The molecule has 1 fully saturated rings. The number of aromatic nitrogens is 2. The lowest BCUT2D eigenvalue weighted by molar-refractivity contribution is -0.141. The van der Waals surface area contributed by atoms with Gasteiger partial charge in [-0.05, 0) is 37.3 Å². The van der Waals surface area contributed by atoms with Gasteiger partial charge in [-0.25, -0.2) is 0 Å². The van der Waals surface area contributed by atoms with Crippen LogP contribution in [0.1, 0.15) is 35.7 Å². The van der Waals surface area contributed by atoms with Crippen molar-refractivity contribution >= 4 is 5.91 Å². The van der Waals surface area contributed by atoms with Crippen LogP contribution in [0.3, 0.4) is 0 Å². The van der Waals surface area contributed by atoms with Gasteiger partial charge in [0.1, 0.15) is 6.54 Å². The molecule has 1 aromatic carbocycles. The van der Waals surface area contributed by atoms with Gasteiger partial charge in [-0.2, -0.15) is 18.3 Å². The Labute approximate surface area is 137 Å². The summed E-state index contributed by atoms with van der Waals surface area (Å²) in [5.74, 6) is 0.0457. The Morgan fingerprint density at radius 1 is 1.29 bits per heavy atom. The molecule has 0 aliphatic heterocycles. The van der Waals surface area contributed by atoms with Crippen LogP contribution in [0.5, 0.6) is 0 Å². The van der Waals surface area contributed by atoms with Crippen molar-refractivity contribution in [3.05, 3.63) is 53.3 Å². The zero-order valence-electron chi connectivity index (χ0n) is 13.2. The number of nitrogens with zero attached hydrogens (tertiary/aromatic N) is 2. The van der Waals surface area contributed by atoms with E-state index < -0.39 is 11.9 Å². The molecular formula is C17H18F3N3O. The predicted molar refractivity (Wildman–Crippen MR) is 82.0 cm³/mol. The second-order valence-electron chi connectivity index (χ2n) is 6.19. The van der Waals surface area contributed by atoms with Crippen molar-refractivity contribution in [3.63, 3.8) is 0 Å². The molecule has 0 spiro atoms. The van der Waals surface area contributed by atoms with Gasteiger partial charge >= 0.3 is 6.18 Å². The van der Waals surface area contributed by atoms with E-state index in [9.17, 15) is 18.0 Å². The molecule has 0 saturated heterocycles. The first kappa shape index (κ1) is 16.5. The Hall–Kier alpha value is -2.31. The summed E-state index contributed by atoms with van der Waals surface area (Å²) in [7, 11) is 0. The summed E-state index contributed by atoms with van der Waals surface area (Å²) in [5, 5.41) is 6.33. The Morgan fingerprint density at radius 2 is 1.96 bits per heavy atom. The minimum Gasteiger partial charge on any atom is -0.347 e. The van der Waals surface area contributed by atoms with Gasteiger partial charge in [0.2, 0.25) is 5.91 Å². The van der Waals surface area contributed by atoms with E-state index in [2.05, 4.69) is 10.4 Å². The number of rotatable bonds is 5. The van der Waals surface area contributed by atoms with Crippen molar-refractivity contribution in [1.29, 1.82) is 0 Å². The maximum Gasteiger partial charge on any atom is 0.435 e. The first-order valence-electron chi connectivity index (χ1n) is 7.79. The predicted octanol–water partition coefficient (Wildman–Crippen LogP) is 3.48. The maximum absolute atomic E-state index is 12.5. The lowest BCUT2D eigenvalue weighted by Crippen LogP contribution is -2.33. The van der Waals surface area contributed by atoms with Gasteiger partial charge in [0, 0.05) is 6.20 Å². The number of amides is 1. The number of benzene rings is 1. The molecule has 1 aromatic heterocycles. The van der Waals surface area contributed by atoms with Crippen LogP contribution < -0.4 is 5.32 Å². The van der Waals surface area contributed by atoms with Crippen LogP contribution in [0.15, 0.2) is 36.5 Å². The largest absolute Gasteiger partial charge is 0.435 e. The molecule has 24 heavy (non-hydrogen) atoms. The van der Waals surface area contributed by atoms with Crippen molar-refractivity contribution < 1.29 is 18.0 Å². The molecule has 1 heterocycles. The molecule has 128 valence electrons. The first-order chi connectivity index (χ1) is 11.3. The average Bonchev–Trinajstić information content (AvgIpc) is 3.24. The molecule has 1 aliphatic rings. The fourth-order valence-electron chi connectivity index (χ4n) is 2.64. The van der Waals surface area contributed by atoms with Crippen LogP contribution in [-0.4, -0.2) is 15.7 Å². The van der Waals surface area contributed by atoms with Gasteiger partial charge in [0.25, 0.3) is 0 Å². The smallest absolute Gasteiger partial charge is 0.347 e. The summed E-state index contributed by atoms with van der Waals surface area (Å²) in [6.45, 7) is 1.76. The number of carbonyl (C=O) groups excluding carboxylic acids is 1. The molecule has 4 nitrogen and oxygen atoms in total. The number of nitrogens with one attached hydrogen (secondary N) is 1. The fraction of sp³-hybridized carbons (Fsp3) is 0.412. The topological polar surface area (TPSA) is 46.9 Å². The lowest BCUT2D eigenvalue weighted by Gasteiger charge is -2.19. The lowest BCUT2D eigenvalue weighted by atomic mass is 10.0. The van der Waals surface area contributed by atoms with Crippen LogP contribution in [0.25, 0.3) is 0 Å². The number of aryl methyl sites for hydroxylation is 1. The summed E-state index contributed by atoms with van der Waals surface area (Å²) in [6.07, 6.45) is -1.25. The Balaban J connectivity index is 1.66. The highest BCUT2D eigenvalue weighted by molar-refractivity contribution is 5.76. The average molecular weight is 337 g/mol. The van der Waals surface area contributed by atoms with Gasteiger partial charge in [0.15, 0.2) is 5.69 Å². The second-order valence-corrected chi connectivity index (χ2v) is 6.19. The molecule has 1 aliphatic carbocycles. The third-order valence-electron chi connectivity index (χ3n) is 4.08. The highest BCUT2D eigenvalue weighted by Crippen LogP contribution is 2.41. The monoisotopic (exact) mass is 337 g/mol. The Morgan fingerprint density at radius 3 is 2.50 bits per heavy atom. The van der Waals surface area contributed by atoms with Gasteiger partial charge < -0.3 is 5.32 Å². The van der Waals surface area contributed by atoms with Gasteiger partial charge in [-0.15, -0.1) is 0 Å². The van der Waals surface area contributed by atoms with Crippen LogP contribution in [0, 0.1) is 12.8 Å². The van der Waals surface area contributed by atoms with Crippen molar-refractivity contribution in [2.45, 2.75) is 38.5 Å². The highest BCUT2D eigenvalue weighted by atomic mass is 19.4. The molecule has 0 bridgehead atoms. The zero-order valence-corrected chi connectivity index (χ0v) is 13.2. The number of halogens is 3. The summed E-state index contributed by atoms with van der Waals surface area (Å²) in [6, 6.07) is 8.70. The number of alkyl halides is 3. The van der Waals surface area contributed by atoms with E-state index in [0.717, 1.165) is 34.7 Å². The Kier molecular flexibility index (Phi) is 4.34. The molecule has 1 unspecified atom stereocenters. The normalized spacial score (nSPS) is 16.0. The second kappa shape index (κ2) is 6.30. The summed E-state index contributed by atoms with van der Waals surface area (Å²) in [5.41, 5.74) is 1.16. The fourth-order valence-corrected chi connectivity index (χ4v) is 2.64. The van der Waals surface area contributed by atoms with E-state index in [4.69, 9.17) is 0 Å². The van der Waals surface area contributed by atoms with Gasteiger partial charge in [-0.1, -0.05) is 29.8 Å². The third-order valence-corrected chi connectivity index (χ3v) is 4.08. The van der Waals surface area contributed by atoms with Crippen LogP contribution >= 0.6 is 0 Å². The maximum atomic E-state index is 12.5. The molecule has 2 aromatic rings. The zero-order chi connectivity index (χ0) is 17.3. The summed E-state index contributed by atoms with van der Waals surface area (Å²) < 4.78 is 38.6. The van der Waals surface area contributed by atoms with E-state index in [1.807, 2.05) is 31.2 Å². The van der Waals surface area contributed by atoms with Crippen LogP contribution in [-0.2, 0) is 17.5 Å². The molecule has 1 N–H and O–H groups in total. The quantitative estimate of drug-likeness (QED) is 0.908. The molecule has 1 atom stereocenters. The molecule has 3 rings (SSSR count). The summed E-state index contributed by atoms with van der Waals surface area (Å²) >= 11 is 0. The van der Waals surface area contributed by atoms with E-state index in [1.54, 1.807) is 0 Å².